The monoisotopic (exact) mass is 527 g/mol. The first-order valence-corrected chi connectivity index (χ1v) is 13.8. The van der Waals surface area contributed by atoms with Crippen LogP contribution in [0.15, 0.2) is 77.7 Å². The zero-order valence-electron chi connectivity index (χ0n) is 19.2. The molecule has 0 saturated carbocycles. The van der Waals surface area contributed by atoms with Gasteiger partial charge in [0.2, 0.25) is 15.9 Å². The van der Waals surface area contributed by atoms with Crippen molar-refractivity contribution in [2.24, 2.45) is 5.92 Å². The molecular formula is C26H23F2N3O3S2. The molecule has 5 rings (SSSR count). The molecule has 1 fully saturated rings. The number of aromatic nitrogens is 1. The highest BCUT2D eigenvalue weighted by Crippen LogP contribution is 2.34. The van der Waals surface area contributed by atoms with Crippen LogP contribution >= 0.6 is 11.3 Å². The topological polar surface area (TPSA) is 70.6 Å². The lowest BCUT2D eigenvalue weighted by Gasteiger charge is -2.33. The Morgan fingerprint density at radius 1 is 0.944 bits per heavy atom. The third kappa shape index (κ3) is 4.76. The van der Waals surface area contributed by atoms with Crippen molar-refractivity contribution in [3.8, 4) is 0 Å². The number of piperidine rings is 1. The SMILES string of the molecule is O=C(C1CCN(S(=O)(=O)c2ccccc2F)CC1)N(Cc1ccccc1)c1nc2c(F)cccc2s1. The second-order valence-corrected chi connectivity index (χ2v) is 11.5. The van der Waals surface area contributed by atoms with Gasteiger partial charge in [-0.05, 0) is 42.7 Å². The van der Waals surface area contributed by atoms with E-state index in [0.717, 1.165) is 11.6 Å². The maximum Gasteiger partial charge on any atom is 0.245 e. The van der Waals surface area contributed by atoms with Crippen molar-refractivity contribution >= 4 is 42.6 Å². The van der Waals surface area contributed by atoms with Gasteiger partial charge in [0.1, 0.15) is 22.0 Å². The number of anilines is 1. The van der Waals surface area contributed by atoms with E-state index in [4.69, 9.17) is 0 Å². The number of hydrogen-bond donors (Lipinski definition) is 0. The Kier molecular flexibility index (Phi) is 6.83. The van der Waals surface area contributed by atoms with Crippen molar-refractivity contribution in [1.82, 2.24) is 9.29 Å². The minimum absolute atomic E-state index is 0.0979. The van der Waals surface area contributed by atoms with Gasteiger partial charge in [-0.2, -0.15) is 4.31 Å². The van der Waals surface area contributed by atoms with Crippen LogP contribution in [0.4, 0.5) is 13.9 Å². The number of carbonyl (C=O) groups excluding carboxylic acids is 1. The number of thiazole rings is 1. The molecule has 1 aromatic heterocycles. The summed E-state index contributed by atoms with van der Waals surface area (Å²) >= 11 is 1.24. The molecule has 0 N–H and O–H groups in total. The third-order valence-corrected chi connectivity index (χ3v) is 9.27. The van der Waals surface area contributed by atoms with Crippen LogP contribution in [0, 0.1) is 17.6 Å². The predicted octanol–water partition coefficient (Wildman–Crippen LogP) is 5.21. The van der Waals surface area contributed by atoms with Gasteiger partial charge in [0.05, 0.1) is 11.2 Å². The minimum Gasteiger partial charge on any atom is -0.283 e. The molecule has 0 radical (unpaired) electrons. The van der Waals surface area contributed by atoms with Crippen LogP contribution in [0.2, 0.25) is 0 Å². The number of para-hydroxylation sites is 1. The van der Waals surface area contributed by atoms with E-state index in [1.807, 2.05) is 30.3 Å². The van der Waals surface area contributed by atoms with E-state index in [2.05, 4.69) is 4.98 Å². The average molecular weight is 528 g/mol. The fourth-order valence-electron chi connectivity index (χ4n) is 4.38. The van der Waals surface area contributed by atoms with E-state index in [1.54, 1.807) is 17.0 Å². The predicted molar refractivity (Wildman–Crippen MR) is 135 cm³/mol. The molecule has 1 amide bonds. The molecule has 0 bridgehead atoms. The van der Waals surface area contributed by atoms with Crippen LogP contribution in [-0.4, -0.2) is 36.7 Å². The first kappa shape index (κ1) is 24.5. The quantitative estimate of drug-likeness (QED) is 0.345. The largest absolute Gasteiger partial charge is 0.283 e. The number of hydrogen-bond acceptors (Lipinski definition) is 5. The third-order valence-electron chi connectivity index (χ3n) is 6.30. The molecule has 6 nitrogen and oxygen atoms in total. The Hall–Kier alpha value is -3.21. The summed E-state index contributed by atoms with van der Waals surface area (Å²) in [7, 11) is -4.00. The summed E-state index contributed by atoms with van der Waals surface area (Å²) in [5.41, 5.74) is 1.11. The van der Waals surface area contributed by atoms with Crippen molar-refractivity contribution in [2.45, 2.75) is 24.3 Å². The minimum atomic E-state index is -4.00. The number of fused-ring (bicyclic) bond motifs is 1. The summed E-state index contributed by atoms with van der Waals surface area (Å²) in [6, 6.07) is 19.4. The molecule has 3 aromatic carbocycles. The normalized spacial score (nSPS) is 15.3. The van der Waals surface area contributed by atoms with Crippen molar-refractivity contribution in [3.63, 3.8) is 0 Å². The highest BCUT2D eigenvalue weighted by atomic mass is 32.2. The number of nitrogens with zero attached hydrogens (tertiary/aromatic N) is 3. The van der Waals surface area contributed by atoms with Crippen LogP contribution < -0.4 is 4.90 Å². The highest BCUT2D eigenvalue weighted by molar-refractivity contribution is 7.89. The number of carbonyl (C=O) groups is 1. The molecule has 0 spiro atoms. The second kappa shape index (κ2) is 10.0. The number of amides is 1. The zero-order valence-corrected chi connectivity index (χ0v) is 20.8. The van der Waals surface area contributed by atoms with Crippen molar-refractivity contribution in [3.05, 3.63) is 90.0 Å². The summed E-state index contributed by atoms with van der Waals surface area (Å²) < 4.78 is 56.3. The summed E-state index contributed by atoms with van der Waals surface area (Å²) in [5.74, 6) is -1.89. The fraction of sp³-hybridized carbons (Fsp3) is 0.231. The lowest BCUT2D eigenvalue weighted by Crippen LogP contribution is -2.44. The first-order valence-electron chi connectivity index (χ1n) is 11.5. The number of benzene rings is 3. The fourth-order valence-corrected chi connectivity index (χ4v) is 6.90. The van der Waals surface area contributed by atoms with E-state index < -0.39 is 27.6 Å². The van der Waals surface area contributed by atoms with Crippen LogP contribution in [-0.2, 0) is 21.4 Å². The van der Waals surface area contributed by atoms with Gasteiger partial charge in [0.15, 0.2) is 5.13 Å². The number of halogens is 2. The van der Waals surface area contributed by atoms with Crippen LogP contribution in [0.3, 0.4) is 0 Å². The van der Waals surface area contributed by atoms with Gasteiger partial charge in [0, 0.05) is 19.0 Å². The van der Waals surface area contributed by atoms with E-state index in [9.17, 15) is 22.0 Å². The molecule has 0 unspecified atom stereocenters. The van der Waals surface area contributed by atoms with Crippen LogP contribution in [0.5, 0.6) is 0 Å². The Balaban J connectivity index is 1.39. The summed E-state index contributed by atoms with van der Waals surface area (Å²) in [6.45, 7) is 0.455. The molecule has 186 valence electrons. The van der Waals surface area contributed by atoms with E-state index in [1.165, 1.54) is 39.9 Å². The van der Waals surface area contributed by atoms with Crippen molar-refractivity contribution in [1.29, 1.82) is 0 Å². The Labute approximate surface area is 211 Å². The lowest BCUT2D eigenvalue weighted by molar-refractivity contribution is -0.123. The molecule has 0 aliphatic carbocycles. The van der Waals surface area contributed by atoms with Crippen LogP contribution in [0.25, 0.3) is 10.2 Å². The molecule has 4 aromatic rings. The Morgan fingerprint density at radius 3 is 2.31 bits per heavy atom. The summed E-state index contributed by atoms with van der Waals surface area (Å²) in [4.78, 5) is 19.3. The second-order valence-electron chi connectivity index (χ2n) is 8.60. The summed E-state index contributed by atoms with van der Waals surface area (Å²) in [5, 5.41) is 0.394. The average Bonchev–Trinajstić information content (AvgIpc) is 3.33. The van der Waals surface area contributed by atoms with Crippen molar-refractivity contribution in [2.75, 3.05) is 18.0 Å². The standard InChI is InChI=1S/C26H23F2N3O3S2/c27-20-9-4-5-12-23(20)36(33,34)30-15-13-19(14-16-30)25(32)31(17-18-7-2-1-3-8-18)26-29-24-21(28)10-6-11-22(24)35-26/h1-12,19H,13-17H2. The van der Waals surface area contributed by atoms with Gasteiger partial charge in [-0.15, -0.1) is 0 Å². The first-order chi connectivity index (χ1) is 17.3. The van der Waals surface area contributed by atoms with E-state index >= 15 is 0 Å². The van der Waals surface area contributed by atoms with Crippen molar-refractivity contribution < 1.29 is 22.0 Å². The molecule has 0 atom stereocenters. The smallest absolute Gasteiger partial charge is 0.245 e. The highest BCUT2D eigenvalue weighted by Gasteiger charge is 2.36. The Morgan fingerprint density at radius 2 is 1.61 bits per heavy atom. The van der Waals surface area contributed by atoms with Gasteiger partial charge in [-0.25, -0.2) is 22.2 Å². The Bertz CT molecular complexity index is 1500. The molecule has 10 heteroatoms. The van der Waals surface area contributed by atoms with Gasteiger partial charge < -0.3 is 0 Å². The summed E-state index contributed by atoms with van der Waals surface area (Å²) in [6.07, 6.45) is 0.578. The zero-order chi connectivity index (χ0) is 25.3. The van der Waals surface area contributed by atoms with E-state index in [-0.39, 0.29) is 48.8 Å². The molecular weight excluding hydrogens is 504 g/mol. The molecule has 1 saturated heterocycles. The van der Waals surface area contributed by atoms with E-state index in [0.29, 0.717) is 9.83 Å². The van der Waals surface area contributed by atoms with Gasteiger partial charge >= 0.3 is 0 Å². The molecule has 1 aliphatic heterocycles. The number of rotatable bonds is 6. The van der Waals surface area contributed by atoms with Crippen LogP contribution in [0.1, 0.15) is 18.4 Å². The maximum absolute atomic E-state index is 14.3. The number of sulfonamides is 1. The van der Waals surface area contributed by atoms with Gasteiger partial charge in [-0.1, -0.05) is 59.9 Å². The molecule has 36 heavy (non-hydrogen) atoms. The maximum atomic E-state index is 14.3. The van der Waals surface area contributed by atoms with Gasteiger partial charge in [-0.3, -0.25) is 9.69 Å². The molecule has 2 heterocycles. The lowest BCUT2D eigenvalue weighted by atomic mass is 9.96. The molecule has 1 aliphatic rings. The van der Waals surface area contributed by atoms with Gasteiger partial charge in [0.25, 0.3) is 0 Å².